The molecule has 1 aromatic carbocycles. The van der Waals surface area contributed by atoms with Gasteiger partial charge >= 0.3 is 0 Å². The maximum absolute atomic E-state index is 5.76. The van der Waals surface area contributed by atoms with Crippen LogP contribution in [0.1, 0.15) is 79.4 Å². The topological polar surface area (TPSA) is 36.9 Å². The van der Waals surface area contributed by atoms with Gasteiger partial charge in [-0.05, 0) is 66.5 Å². The van der Waals surface area contributed by atoms with Gasteiger partial charge in [-0.15, -0.1) is 0 Å². The Bertz CT molecular complexity index is 509. The van der Waals surface area contributed by atoms with Gasteiger partial charge in [0.1, 0.15) is 5.60 Å². The van der Waals surface area contributed by atoms with E-state index in [0.717, 1.165) is 11.1 Å². The molecular weight excluding hydrogens is 304 g/mol. The van der Waals surface area contributed by atoms with Crippen molar-refractivity contribution in [2.24, 2.45) is 0 Å². The Morgan fingerprint density at radius 2 is 1.33 bits per heavy atom. The monoisotopic (exact) mass is 338 g/mol. The summed E-state index contributed by atoms with van der Waals surface area (Å²) in [6.45, 7) is 18.4. The van der Waals surface area contributed by atoms with E-state index in [9.17, 15) is 0 Å². The van der Waals surface area contributed by atoms with Gasteiger partial charge in [0.25, 0.3) is 0 Å². The normalized spacial score (nSPS) is 14.7. The molecule has 138 valence electrons. The highest BCUT2D eigenvalue weighted by Gasteiger charge is 2.29. The average molecular weight is 338 g/mol. The van der Waals surface area contributed by atoms with E-state index in [1.165, 1.54) is 0 Å². The first-order valence-corrected chi connectivity index (χ1v) is 8.59. The highest BCUT2D eigenvalue weighted by Crippen LogP contribution is 2.33. The van der Waals surface area contributed by atoms with Crippen molar-refractivity contribution >= 4 is 0 Å². The Kier molecular flexibility index (Phi) is 7.00. The molecule has 0 spiro atoms. The van der Waals surface area contributed by atoms with E-state index in [4.69, 9.17) is 19.6 Å². The van der Waals surface area contributed by atoms with Gasteiger partial charge in [0.15, 0.2) is 0 Å². The molecule has 4 nitrogen and oxygen atoms in total. The Labute approximate surface area is 147 Å². The molecule has 0 bridgehead atoms. The fraction of sp³-hybridized carbons (Fsp3) is 0.700. The van der Waals surface area contributed by atoms with Gasteiger partial charge < -0.3 is 0 Å². The molecule has 0 aliphatic heterocycles. The van der Waals surface area contributed by atoms with Crippen LogP contribution in [0, 0.1) is 0 Å². The number of rotatable bonds is 7. The van der Waals surface area contributed by atoms with E-state index in [1.54, 1.807) is 0 Å². The Balaban J connectivity index is 2.86. The molecule has 1 unspecified atom stereocenters. The van der Waals surface area contributed by atoms with Gasteiger partial charge in [-0.1, -0.05) is 31.2 Å². The number of hydrogen-bond donors (Lipinski definition) is 0. The zero-order valence-electron chi connectivity index (χ0n) is 16.7. The van der Waals surface area contributed by atoms with Crippen LogP contribution in [-0.2, 0) is 25.2 Å². The number of hydrogen-bond acceptors (Lipinski definition) is 4. The SMILES string of the molecule is CC(COOC(C)(C)C)c1ccccc1C(C)(C)OOC(C)(C)C. The van der Waals surface area contributed by atoms with Crippen molar-refractivity contribution in [1.29, 1.82) is 0 Å². The first-order chi connectivity index (χ1) is 10.8. The Hall–Kier alpha value is -0.940. The van der Waals surface area contributed by atoms with Crippen LogP contribution < -0.4 is 0 Å². The van der Waals surface area contributed by atoms with Crippen LogP contribution >= 0.6 is 0 Å². The molecule has 1 atom stereocenters. The molecule has 0 aliphatic carbocycles. The van der Waals surface area contributed by atoms with E-state index in [0.29, 0.717) is 6.61 Å². The number of benzene rings is 1. The van der Waals surface area contributed by atoms with Crippen LogP contribution in [0.25, 0.3) is 0 Å². The smallest absolute Gasteiger partial charge is 0.123 e. The third-order valence-electron chi connectivity index (χ3n) is 3.27. The second-order valence-electron chi connectivity index (χ2n) is 8.76. The van der Waals surface area contributed by atoms with Crippen LogP contribution in [0.5, 0.6) is 0 Å². The van der Waals surface area contributed by atoms with E-state index in [-0.39, 0.29) is 17.1 Å². The highest BCUT2D eigenvalue weighted by molar-refractivity contribution is 5.34. The molecule has 0 N–H and O–H groups in total. The van der Waals surface area contributed by atoms with Crippen LogP contribution in [0.4, 0.5) is 0 Å². The quantitative estimate of drug-likeness (QED) is 0.484. The zero-order chi connectivity index (χ0) is 18.6. The fourth-order valence-corrected chi connectivity index (χ4v) is 2.15. The van der Waals surface area contributed by atoms with Crippen molar-refractivity contribution < 1.29 is 19.6 Å². The van der Waals surface area contributed by atoms with Gasteiger partial charge in [-0.3, -0.25) is 0 Å². The van der Waals surface area contributed by atoms with Crippen LogP contribution in [0.15, 0.2) is 24.3 Å². The predicted molar refractivity (Wildman–Crippen MR) is 96.6 cm³/mol. The summed E-state index contributed by atoms with van der Waals surface area (Å²) < 4.78 is 0. The maximum atomic E-state index is 5.76. The zero-order valence-corrected chi connectivity index (χ0v) is 16.7. The van der Waals surface area contributed by atoms with Crippen LogP contribution in [-0.4, -0.2) is 17.8 Å². The Morgan fingerprint density at radius 1 is 0.792 bits per heavy atom. The van der Waals surface area contributed by atoms with Crippen molar-refractivity contribution in [3.8, 4) is 0 Å². The molecule has 0 amide bonds. The fourth-order valence-electron chi connectivity index (χ4n) is 2.15. The lowest BCUT2D eigenvalue weighted by molar-refractivity contribution is -0.402. The highest BCUT2D eigenvalue weighted by atomic mass is 17.2. The molecule has 0 saturated carbocycles. The summed E-state index contributed by atoms with van der Waals surface area (Å²) in [5, 5.41) is 0. The molecule has 1 rings (SSSR count). The van der Waals surface area contributed by atoms with Gasteiger partial charge in [-0.2, -0.15) is 0 Å². The summed E-state index contributed by atoms with van der Waals surface area (Å²) in [6.07, 6.45) is 0. The molecule has 0 aliphatic rings. The maximum Gasteiger partial charge on any atom is 0.123 e. The van der Waals surface area contributed by atoms with Crippen molar-refractivity contribution in [2.75, 3.05) is 6.61 Å². The standard InChI is InChI=1S/C20H34O4/c1-15(14-21-22-18(2,3)4)16-12-10-11-13-17(16)20(8,9)24-23-19(5,6)7/h10-13,15H,14H2,1-9H3. The minimum absolute atomic E-state index is 0.168. The van der Waals surface area contributed by atoms with E-state index < -0.39 is 5.60 Å². The Morgan fingerprint density at radius 3 is 1.88 bits per heavy atom. The predicted octanol–water partition coefficient (Wildman–Crippen LogP) is 5.52. The molecule has 1 aromatic rings. The summed E-state index contributed by atoms with van der Waals surface area (Å²) >= 11 is 0. The van der Waals surface area contributed by atoms with Crippen LogP contribution in [0.3, 0.4) is 0 Å². The average Bonchev–Trinajstić information content (AvgIpc) is 2.43. The molecule has 0 radical (unpaired) electrons. The summed E-state index contributed by atoms with van der Waals surface area (Å²) in [5.41, 5.74) is 1.01. The third-order valence-corrected chi connectivity index (χ3v) is 3.27. The van der Waals surface area contributed by atoms with Crippen molar-refractivity contribution in [3.63, 3.8) is 0 Å². The van der Waals surface area contributed by atoms with Crippen molar-refractivity contribution in [2.45, 2.75) is 85.0 Å². The van der Waals surface area contributed by atoms with E-state index in [1.807, 2.05) is 67.5 Å². The first kappa shape index (κ1) is 21.1. The van der Waals surface area contributed by atoms with Crippen LogP contribution in [0.2, 0.25) is 0 Å². The first-order valence-electron chi connectivity index (χ1n) is 8.59. The summed E-state index contributed by atoms with van der Waals surface area (Å²) in [4.78, 5) is 22.1. The second-order valence-corrected chi connectivity index (χ2v) is 8.76. The third kappa shape index (κ3) is 7.31. The van der Waals surface area contributed by atoms with Crippen molar-refractivity contribution in [1.82, 2.24) is 0 Å². The summed E-state index contributed by atoms with van der Waals surface area (Å²) in [6, 6.07) is 8.21. The lowest BCUT2D eigenvalue weighted by Gasteiger charge is -2.31. The molecule has 0 fully saturated rings. The lowest BCUT2D eigenvalue weighted by atomic mass is 9.87. The molecular formula is C20H34O4. The lowest BCUT2D eigenvalue weighted by Crippen LogP contribution is -2.30. The largest absolute Gasteiger partial charge is 0.236 e. The van der Waals surface area contributed by atoms with E-state index >= 15 is 0 Å². The van der Waals surface area contributed by atoms with Gasteiger partial charge in [0.2, 0.25) is 0 Å². The molecule has 0 aromatic heterocycles. The van der Waals surface area contributed by atoms with Gasteiger partial charge in [0.05, 0.1) is 17.8 Å². The molecule has 0 heterocycles. The van der Waals surface area contributed by atoms with Gasteiger partial charge in [-0.25, -0.2) is 19.6 Å². The minimum Gasteiger partial charge on any atom is -0.236 e. The second kappa shape index (κ2) is 7.96. The van der Waals surface area contributed by atoms with E-state index in [2.05, 4.69) is 19.1 Å². The molecule has 0 saturated heterocycles. The minimum atomic E-state index is -0.566. The summed E-state index contributed by atoms with van der Waals surface area (Å²) in [7, 11) is 0. The molecule has 4 heteroatoms. The molecule has 24 heavy (non-hydrogen) atoms. The summed E-state index contributed by atoms with van der Waals surface area (Å²) in [5.74, 6) is 0.168. The van der Waals surface area contributed by atoms with Crippen molar-refractivity contribution in [3.05, 3.63) is 35.4 Å². The van der Waals surface area contributed by atoms with Gasteiger partial charge in [0, 0.05) is 5.92 Å².